The van der Waals surface area contributed by atoms with E-state index in [4.69, 9.17) is 12.2 Å². The minimum atomic E-state index is -0.0308. The molecule has 0 unspecified atom stereocenters. The van der Waals surface area contributed by atoms with Crippen LogP contribution in [-0.2, 0) is 4.79 Å². The number of thiocarbonyl (C=S) groups is 1. The van der Waals surface area contributed by atoms with E-state index in [2.05, 4.69) is 36.4 Å². The molecule has 1 saturated heterocycles. The second-order valence-corrected chi connectivity index (χ2v) is 7.73. The molecular formula is C14H14INO2S2. The molecule has 0 aromatic heterocycles. The minimum absolute atomic E-state index is 0.0308. The number of carbonyl (C=O) groups is 1. The molecule has 0 bridgehead atoms. The van der Waals surface area contributed by atoms with Gasteiger partial charge in [0.25, 0.3) is 5.91 Å². The number of nitrogens with zero attached hydrogens (tertiary/aromatic N) is 1. The first-order valence-corrected chi connectivity index (χ1v) is 8.42. The lowest BCUT2D eigenvalue weighted by Crippen LogP contribution is -2.31. The van der Waals surface area contributed by atoms with Gasteiger partial charge in [-0.3, -0.25) is 9.69 Å². The Balaban J connectivity index is 2.25. The molecule has 20 heavy (non-hydrogen) atoms. The smallest absolute Gasteiger partial charge is 0.266 e. The maximum absolute atomic E-state index is 12.3. The molecule has 1 N–H and O–H groups in total. The second-order valence-electron chi connectivity index (χ2n) is 4.90. The highest BCUT2D eigenvalue weighted by atomic mass is 127. The van der Waals surface area contributed by atoms with Gasteiger partial charge in [-0.2, -0.15) is 0 Å². The first-order chi connectivity index (χ1) is 9.38. The van der Waals surface area contributed by atoms with Gasteiger partial charge in [-0.15, -0.1) is 0 Å². The van der Waals surface area contributed by atoms with E-state index in [0.717, 1.165) is 9.13 Å². The molecular weight excluding hydrogens is 405 g/mol. The van der Waals surface area contributed by atoms with Crippen LogP contribution < -0.4 is 0 Å². The van der Waals surface area contributed by atoms with Crippen molar-refractivity contribution in [2.75, 3.05) is 6.54 Å². The summed E-state index contributed by atoms with van der Waals surface area (Å²) in [6.07, 6.45) is 1.82. The number of aromatic hydroxyl groups is 1. The number of phenolic OH excluding ortho intramolecular Hbond substituents is 1. The average Bonchev–Trinajstić information content (AvgIpc) is 2.61. The van der Waals surface area contributed by atoms with Crippen LogP contribution in [0, 0.1) is 9.49 Å². The fourth-order valence-electron chi connectivity index (χ4n) is 1.79. The summed E-state index contributed by atoms with van der Waals surface area (Å²) < 4.78 is 1.37. The zero-order valence-electron chi connectivity index (χ0n) is 11.1. The van der Waals surface area contributed by atoms with Crippen LogP contribution in [0.15, 0.2) is 23.1 Å². The monoisotopic (exact) mass is 419 g/mol. The van der Waals surface area contributed by atoms with Crippen LogP contribution in [0.5, 0.6) is 5.75 Å². The summed E-state index contributed by atoms with van der Waals surface area (Å²) in [6.45, 7) is 4.77. The van der Waals surface area contributed by atoms with Crippen molar-refractivity contribution in [3.8, 4) is 5.75 Å². The minimum Gasteiger partial charge on any atom is -0.507 e. The van der Waals surface area contributed by atoms with Crippen LogP contribution in [-0.4, -0.2) is 26.8 Å². The molecule has 2 rings (SSSR count). The number of benzene rings is 1. The number of amides is 1. The van der Waals surface area contributed by atoms with E-state index in [9.17, 15) is 9.90 Å². The summed E-state index contributed by atoms with van der Waals surface area (Å²) in [4.78, 5) is 14.6. The van der Waals surface area contributed by atoms with E-state index in [1.165, 1.54) is 11.8 Å². The van der Waals surface area contributed by atoms with Gasteiger partial charge in [-0.25, -0.2) is 0 Å². The number of halogens is 1. The zero-order valence-corrected chi connectivity index (χ0v) is 14.9. The maximum Gasteiger partial charge on any atom is 0.266 e. The van der Waals surface area contributed by atoms with E-state index < -0.39 is 0 Å². The highest BCUT2D eigenvalue weighted by Crippen LogP contribution is 2.33. The van der Waals surface area contributed by atoms with Crippen molar-refractivity contribution in [2.24, 2.45) is 5.92 Å². The van der Waals surface area contributed by atoms with Gasteiger partial charge in [0.1, 0.15) is 10.1 Å². The number of carbonyl (C=O) groups excluding carboxylic acids is 1. The zero-order chi connectivity index (χ0) is 14.9. The fourth-order valence-corrected chi connectivity index (χ4v) is 3.60. The molecule has 106 valence electrons. The fraction of sp³-hybridized carbons (Fsp3) is 0.286. The number of phenols is 1. The second kappa shape index (κ2) is 6.44. The van der Waals surface area contributed by atoms with E-state index in [0.29, 0.717) is 21.7 Å². The molecule has 0 saturated carbocycles. The third-order valence-electron chi connectivity index (χ3n) is 2.69. The summed E-state index contributed by atoms with van der Waals surface area (Å²) >= 11 is 8.65. The van der Waals surface area contributed by atoms with Crippen LogP contribution in [0.4, 0.5) is 0 Å². The highest BCUT2D eigenvalue weighted by molar-refractivity contribution is 14.1. The predicted molar refractivity (Wildman–Crippen MR) is 95.5 cm³/mol. The largest absolute Gasteiger partial charge is 0.507 e. The number of hydrogen-bond acceptors (Lipinski definition) is 4. The Hall–Kier alpha value is -0.600. The summed E-state index contributed by atoms with van der Waals surface area (Å²) in [7, 11) is 0. The molecule has 0 spiro atoms. The van der Waals surface area contributed by atoms with Crippen LogP contribution in [0.1, 0.15) is 19.4 Å². The van der Waals surface area contributed by atoms with E-state index in [1.54, 1.807) is 17.0 Å². The normalized spacial score (nSPS) is 17.6. The lowest BCUT2D eigenvalue weighted by molar-refractivity contribution is -0.122. The molecule has 0 atom stereocenters. The number of rotatable bonds is 3. The average molecular weight is 419 g/mol. The van der Waals surface area contributed by atoms with Crippen LogP contribution in [0.25, 0.3) is 6.08 Å². The van der Waals surface area contributed by atoms with Crippen molar-refractivity contribution in [3.63, 3.8) is 0 Å². The molecule has 1 aromatic rings. The lowest BCUT2D eigenvalue weighted by Gasteiger charge is -2.16. The number of thioether (sulfide) groups is 1. The molecule has 6 heteroatoms. The molecule has 0 aliphatic carbocycles. The molecule has 1 aliphatic rings. The van der Waals surface area contributed by atoms with Crippen LogP contribution >= 0.6 is 46.6 Å². The lowest BCUT2D eigenvalue weighted by atomic mass is 10.2. The van der Waals surface area contributed by atoms with Crippen molar-refractivity contribution in [2.45, 2.75) is 13.8 Å². The topological polar surface area (TPSA) is 40.5 Å². The van der Waals surface area contributed by atoms with Gasteiger partial charge < -0.3 is 5.11 Å². The Labute approximate surface area is 141 Å². The van der Waals surface area contributed by atoms with E-state index in [-0.39, 0.29) is 11.7 Å². The van der Waals surface area contributed by atoms with Crippen molar-refractivity contribution < 1.29 is 9.90 Å². The van der Waals surface area contributed by atoms with Crippen LogP contribution in [0.3, 0.4) is 0 Å². The van der Waals surface area contributed by atoms with Crippen molar-refractivity contribution in [3.05, 3.63) is 32.2 Å². The molecule has 3 nitrogen and oxygen atoms in total. The first kappa shape index (κ1) is 15.8. The first-order valence-electron chi connectivity index (χ1n) is 6.12. The molecule has 1 fully saturated rings. The standard InChI is InChI=1S/C14H14INO2S2/c1-8(2)7-16-13(18)12(20-14(16)19)6-9-3-4-11(17)10(15)5-9/h3-6,8,17H,7H2,1-2H3/b12-6-. The third kappa shape index (κ3) is 3.53. The maximum atomic E-state index is 12.3. The molecule has 1 amide bonds. The van der Waals surface area contributed by atoms with Gasteiger partial charge in [0, 0.05) is 6.54 Å². The van der Waals surface area contributed by atoms with Gasteiger partial charge in [0.05, 0.1) is 8.48 Å². The molecule has 0 radical (unpaired) electrons. The van der Waals surface area contributed by atoms with Crippen molar-refractivity contribution in [1.29, 1.82) is 0 Å². The Bertz CT molecular complexity index is 599. The molecule has 1 aromatic carbocycles. The van der Waals surface area contributed by atoms with Crippen molar-refractivity contribution >= 4 is 62.9 Å². The summed E-state index contributed by atoms with van der Waals surface area (Å²) in [5.74, 6) is 0.596. The van der Waals surface area contributed by atoms with E-state index >= 15 is 0 Å². The molecule has 1 heterocycles. The Morgan fingerprint density at radius 1 is 1.50 bits per heavy atom. The van der Waals surface area contributed by atoms with Gasteiger partial charge in [-0.1, -0.05) is 43.9 Å². The quantitative estimate of drug-likeness (QED) is 0.459. The van der Waals surface area contributed by atoms with Gasteiger partial charge >= 0.3 is 0 Å². The van der Waals surface area contributed by atoms with Gasteiger partial charge in [-0.05, 0) is 52.3 Å². The summed E-state index contributed by atoms with van der Waals surface area (Å²) in [5, 5.41) is 9.51. The van der Waals surface area contributed by atoms with Gasteiger partial charge in [0.2, 0.25) is 0 Å². The van der Waals surface area contributed by atoms with Gasteiger partial charge in [0.15, 0.2) is 0 Å². The van der Waals surface area contributed by atoms with Crippen LogP contribution in [0.2, 0.25) is 0 Å². The predicted octanol–water partition coefficient (Wildman–Crippen LogP) is 3.85. The highest BCUT2D eigenvalue weighted by Gasteiger charge is 2.32. The number of hydrogen-bond donors (Lipinski definition) is 1. The third-order valence-corrected chi connectivity index (χ3v) is 4.93. The summed E-state index contributed by atoms with van der Waals surface area (Å²) in [6, 6.07) is 5.25. The Morgan fingerprint density at radius 2 is 2.20 bits per heavy atom. The SMILES string of the molecule is CC(C)CN1C(=O)/C(=C/c2ccc(O)c(I)c2)SC1=S. The Morgan fingerprint density at radius 3 is 2.80 bits per heavy atom. The molecule has 1 aliphatic heterocycles. The Kier molecular flexibility index (Phi) is 5.09. The van der Waals surface area contributed by atoms with E-state index in [1.807, 2.05) is 12.1 Å². The van der Waals surface area contributed by atoms with Crippen molar-refractivity contribution in [1.82, 2.24) is 4.90 Å². The summed E-state index contributed by atoms with van der Waals surface area (Å²) in [5.41, 5.74) is 0.886.